The van der Waals surface area contributed by atoms with Crippen LogP contribution >= 0.6 is 0 Å². The molecule has 2 aliphatic rings. The molecule has 1 aromatic heterocycles. The first kappa shape index (κ1) is 17.6. The van der Waals surface area contributed by atoms with Crippen molar-refractivity contribution >= 4 is 5.91 Å². The molecule has 0 bridgehead atoms. The molecule has 0 saturated carbocycles. The molecule has 1 unspecified atom stereocenters. The lowest BCUT2D eigenvalue weighted by Crippen LogP contribution is -2.43. The number of carbonyl (C=O) groups is 1. The Morgan fingerprint density at radius 3 is 3.00 bits per heavy atom. The van der Waals surface area contributed by atoms with E-state index in [9.17, 15) is 4.79 Å². The Bertz CT molecular complexity index is 646. The summed E-state index contributed by atoms with van der Waals surface area (Å²) in [5.74, 6) is 2.81. The van der Waals surface area contributed by atoms with Crippen molar-refractivity contribution in [3.05, 3.63) is 30.1 Å². The number of piperidine rings is 1. The van der Waals surface area contributed by atoms with Crippen molar-refractivity contribution in [3.63, 3.8) is 0 Å². The van der Waals surface area contributed by atoms with E-state index in [1.165, 1.54) is 0 Å². The maximum absolute atomic E-state index is 12.5. The molecule has 6 heteroatoms. The van der Waals surface area contributed by atoms with E-state index in [-0.39, 0.29) is 17.5 Å². The van der Waals surface area contributed by atoms with Crippen LogP contribution in [0.5, 0.6) is 0 Å². The molecule has 1 fully saturated rings. The summed E-state index contributed by atoms with van der Waals surface area (Å²) in [5.41, 5.74) is 0.730. The molecule has 132 valence electrons. The number of rotatable bonds is 8. The van der Waals surface area contributed by atoms with Gasteiger partial charge in [0.2, 0.25) is 5.91 Å². The lowest BCUT2D eigenvalue weighted by Gasteiger charge is -2.31. The summed E-state index contributed by atoms with van der Waals surface area (Å²) in [4.78, 5) is 19.2. The average molecular weight is 339 g/mol. The first-order valence-corrected chi connectivity index (χ1v) is 8.98. The van der Waals surface area contributed by atoms with Crippen LogP contribution in [0.4, 0.5) is 0 Å². The fraction of sp³-hybridized carbons (Fsp3) is 0.579. The van der Waals surface area contributed by atoms with Gasteiger partial charge in [0.25, 0.3) is 0 Å². The Labute approximate surface area is 149 Å². The molecular weight excluding hydrogens is 314 g/mol. The van der Waals surface area contributed by atoms with Gasteiger partial charge in [-0.1, -0.05) is 6.07 Å². The van der Waals surface area contributed by atoms with Crippen molar-refractivity contribution in [2.45, 2.75) is 44.3 Å². The molecule has 2 aliphatic heterocycles. The van der Waals surface area contributed by atoms with E-state index in [0.29, 0.717) is 13.0 Å². The number of nitrogens with one attached hydrogen (secondary N) is 1. The van der Waals surface area contributed by atoms with E-state index in [2.05, 4.69) is 31.3 Å². The normalized spacial score (nSPS) is 21.5. The van der Waals surface area contributed by atoms with Crippen LogP contribution in [0.1, 0.15) is 37.8 Å². The van der Waals surface area contributed by atoms with Gasteiger partial charge in [-0.3, -0.25) is 14.7 Å². The van der Waals surface area contributed by atoms with E-state index < -0.39 is 0 Å². The second-order valence-electron chi connectivity index (χ2n) is 6.82. The first-order valence-electron chi connectivity index (χ1n) is 8.98. The molecule has 0 radical (unpaired) electrons. The third-order valence-corrected chi connectivity index (χ3v) is 4.87. The topological polar surface area (TPSA) is 70.0 Å². The Morgan fingerprint density at radius 2 is 2.28 bits per heavy atom. The molecule has 1 N–H and O–H groups in total. The molecule has 1 atom stereocenters. The number of carbonyl (C=O) groups excluding carboxylic acids is 1. The standard InChI is InChI=1S/C19H25N5O/c1-2-3-9-19(22-23-19)10-12-21-18(25)16-7-6-13-24(14-16)15-17-8-4-5-11-20-17/h1,4-5,8,11,16H,3,6-7,9-10,12-15H2,(H,21,25). The minimum Gasteiger partial charge on any atom is -0.356 e. The maximum atomic E-state index is 12.5. The summed E-state index contributed by atoms with van der Waals surface area (Å²) >= 11 is 0. The molecule has 3 heterocycles. The molecule has 3 rings (SSSR count). The Morgan fingerprint density at radius 1 is 1.40 bits per heavy atom. The van der Waals surface area contributed by atoms with Crippen molar-refractivity contribution in [3.8, 4) is 12.3 Å². The summed E-state index contributed by atoms with van der Waals surface area (Å²) in [6.07, 6.45) is 11.3. The minimum absolute atomic E-state index is 0.0483. The fourth-order valence-corrected chi connectivity index (χ4v) is 3.33. The average Bonchev–Trinajstić information content (AvgIpc) is 3.41. The quantitative estimate of drug-likeness (QED) is 0.739. The van der Waals surface area contributed by atoms with E-state index in [4.69, 9.17) is 6.42 Å². The van der Waals surface area contributed by atoms with Gasteiger partial charge in [0, 0.05) is 45.1 Å². The van der Waals surface area contributed by atoms with Crippen LogP contribution in [0, 0.1) is 18.3 Å². The largest absolute Gasteiger partial charge is 0.356 e. The maximum Gasteiger partial charge on any atom is 0.224 e. The number of amides is 1. The van der Waals surface area contributed by atoms with Crippen molar-refractivity contribution in [1.82, 2.24) is 15.2 Å². The molecule has 6 nitrogen and oxygen atoms in total. The highest BCUT2D eigenvalue weighted by Crippen LogP contribution is 2.36. The third kappa shape index (κ3) is 5.10. The van der Waals surface area contributed by atoms with Gasteiger partial charge in [0.05, 0.1) is 11.6 Å². The van der Waals surface area contributed by atoms with Crippen molar-refractivity contribution in [2.24, 2.45) is 16.1 Å². The lowest BCUT2D eigenvalue weighted by molar-refractivity contribution is -0.126. The zero-order valence-electron chi connectivity index (χ0n) is 14.5. The summed E-state index contributed by atoms with van der Waals surface area (Å²) < 4.78 is 0. The number of hydrogen-bond donors (Lipinski definition) is 1. The molecule has 0 spiro atoms. The number of likely N-dealkylation sites (tertiary alicyclic amines) is 1. The summed E-state index contributed by atoms with van der Waals surface area (Å²) in [7, 11) is 0. The van der Waals surface area contributed by atoms with Gasteiger partial charge in [-0.25, -0.2) is 0 Å². The van der Waals surface area contributed by atoms with Crippen LogP contribution in [0.2, 0.25) is 0 Å². The van der Waals surface area contributed by atoms with Crippen LogP contribution in [-0.4, -0.2) is 41.1 Å². The number of nitrogens with zero attached hydrogens (tertiary/aromatic N) is 4. The molecule has 1 saturated heterocycles. The molecule has 1 amide bonds. The molecule has 0 aromatic carbocycles. The van der Waals surface area contributed by atoms with E-state index in [1.54, 1.807) is 0 Å². The molecule has 0 aliphatic carbocycles. The lowest BCUT2D eigenvalue weighted by atomic mass is 9.96. The van der Waals surface area contributed by atoms with Crippen LogP contribution < -0.4 is 5.32 Å². The fourth-order valence-electron chi connectivity index (χ4n) is 3.33. The monoisotopic (exact) mass is 339 g/mol. The van der Waals surface area contributed by atoms with Crippen molar-refractivity contribution in [2.75, 3.05) is 19.6 Å². The number of pyridine rings is 1. The van der Waals surface area contributed by atoms with E-state index in [1.807, 2.05) is 24.4 Å². The predicted molar refractivity (Wildman–Crippen MR) is 95.5 cm³/mol. The van der Waals surface area contributed by atoms with Gasteiger partial charge in [0.1, 0.15) is 0 Å². The molecule has 25 heavy (non-hydrogen) atoms. The van der Waals surface area contributed by atoms with Gasteiger partial charge in [0.15, 0.2) is 5.66 Å². The second-order valence-corrected chi connectivity index (χ2v) is 6.82. The van der Waals surface area contributed by atoms with Crippen LogP contribution in [0.3, 0.4) is 0 Å². The number of hydrogen-bond acceptors (Lipinski definition) is 5. The summed E-state index contributed by atoms with van der Waals surface area (Å²) in [6.45, 7) is 3.22. The van der Waals surface area contributed by atoms with E-state index in [0.717, 1.165) is 51.0 Å². The summed E-state index contributed by atoms with van der Waals surface area (Å²) in [6, 6.07) is 5.95. The van der Waals surface area contributed by atoms with Crippen LogP contribution in [-0.2, 0) is 11.3 Å². The Balaban J connectivity index is 1.40. The second kappa shape index (κ2) is 8.21. The van der Waals surface area contributed by atoms with Crippen molar-refractivity contribution in [1.29, 1.82) is 0 Å². The Kier molecular flexibility index (Phi) is 5.77. The van der Waals surface area contributed by atoms with E-state index >= 15 is 0 Å². The van der Waals surface area contributed by atoms with Crippen LogP contribution in [0.15, 0.2) is 34.6 Å². The number of aromatic nitrogens is 1. The highest BCUT2D eigenvalue weighted by molar-refractivity contribution is 5.78. The zero-order valence-corrected chi connectivity index (χ0v) is 14.5. The van der Waals surface area contributed by atoms with Gasteiger partial charge in [-0.05, 0) is 31.5 Å². The van der Waals surface area contributed by atoms with Gasteiger partial charge in [-0.2, -0.15) is 10.2 Å². The highest BCUT2D eigenvalue weighted by atomic mass is 16.1. The first-order chi connectivity index (χ1) is 12.2. The van der Waals surface area contributed by atoms with Gasteiger partial charge >= 0.3 is 0 Å². The number of terminal acetylenes is 1. The SMILES string of the molecule is C#CCCC1(CCNC(=O)C2CCCN(Cc3ccccn3)C2)N=N1. The zero-order chi connectivity index (χ0) is 17.5. The smallest absolute Gasteiger partial charge is 0.224 e. The predicted octanol–water partition coefficient (Wildman–Crippen LogP) is 2.38. The van der Waals surface area contributed by atoms with Gasteiger partial charge in [-0.15, -0.1) is 12.3 Å². The molecule has 1 aromatic rings. The van der Waals surface area contributed by atoms with Crippen LogP contribution in [0.25, 0.3) is 0 Å². The molecular formula is C19H25N5O. The minimum atomic E-state index is -0.322. The Hall–Kier alpha value is -2.26. The highest BCUT2D eigenvalue weighted by Gasteiger charge is 2.38. The van der Waals surface area contributed by atoms with Gasteiger partial charge < -0.3 is 5.32 Å². The third-order valence-electron chi connectivity index (χ3n) is 4.87. The van der Waals surface area contributed by atoms with Crippen molar-refractivity contribution < 1.29 is 4.79 Å². The summed E-state index contributed by atoms with van der Waals surface area (Å²) in [5, 5.41) is 11.3.